The van der Waals surface area contributed by atoms with E-state index < -0.39 is 0 Å². The molecule has 2 aromatic carbocycles. The molecule has 0 saturated carbocycles. The molecule has 7 heteroatoms. The Morgan fingerprint density at radius 3 is 1.40 bits per heavy atom. The Bertz CT molecular complexity index is 1410. The Kier molecular flexibility index (Phi) is 26.3. The minimum absolute atomic E-state index is 0.509. The zero-order valence-corrected chi connectivity index (χ0v) is 33.4. The van der Waals surface area contributed by atoms with Crippen LogP contribution >= 0.6 is 12.6 Å². The van der Waals surface area contributed by atoms with Gasteiger partial charge in [0.15, 0.2) is 23.0 Å². The SMILES string of the molecule is C=CC.CC.CCCCC(CC)COc1c(OC)cc(/C=C/C2=C=C=C(/C=C/c3cc(OC)c(OCCC)c(OC)c3)C=C2)cc1OC.CS. The summed E-state index contributed by atoms with van der Waals surface area (Å²) in [4.78, 5) is 0. The van der Waals surface area contributed by atoms with Crippen molar-refractivity contribution >= 4 is 24.8 Å². The summed E-state index contributed by atoms with van der Waals surface area (Å²) in [6, 6.07) is 7.78. The standard InChI is InChI=1S/C37H46O6.C3H6.C2H6.CH4S/c1-8-11-12-27(10-3)26-43-37-34(40-6)24-31(25-35(37)41-7)20-18-29-15-13-28(14-16-29)17-19-30-22-32(38-4)36(42-21-9-2)33(23-30)39-5;1-3-2;2*1-2/h13,15,17-20,22-25,27H,8-12,21,26H2,1-7H3;3H,1H2,2H3;1-2H3;2H,1H3/b19-17+,20-18+;;;. The molecule has 0 aromatic heterocycles. The van der Waals surface area contributed by atoms with Crippen molar-refractivity contribution in [3.8, 4) is 34.5 Å². The van der Waals surface area contributed by atoms with Crippen LogP contribution in [0.5, 0.6) is 34.5 Å². The third kappa shape index (κ3) is 16.0. The van der Waals surface area contributed by atoms with Gasteiger partial charge in [0.2, 0.25) is 11.5 Å². The predicted octanol–water partition coefficient (Wildman–Crippen LogP) is 11.8. The molecule has 0 heterocycles. The number of benzene rings is 2. The third-order valence-electron chi connectivity index (χ3n) is 7.13. The molecule has 0 saturated heterocycles. The van der Waals surface area contributed by atoms with Crippen molar-refractivity contribution in [3.05, 3.63) is 95.0 Å². The topological polar surface area (TPSA) is 55.4 Å². The van der Waals surface area contributed by atoms with Gasteiger partial charge in [-0.15, -0.1) is 6.58 Å². The Morgan fingerprint density at radius 1 is 0.680 bits per heavy atom. The van der Waals surface area contributed by atoms with Crippen LogP contribution < -0.4 is 28.4 Å². The monoisotopic (exact) mass is 706 g/mol. The summed E-state index contributed by atoms with van der Waals surface area (Å²) in [7, 11) is 6.56. The molecule has 3 rings (SSSR count). The second-order valence-corrected chi connectivity index (χ2v) is 10.7. The summed E-state index contributed by atoms with van der Waals surface area (Å²) in [5.41, 5.74) is 10.1. The number of methoxy groups -OCH3 is 4. The van der Waals surface area contributed by atoms with E-state index in [0.717, 1.165) is 41.5 Å². The van der Waals surface area contributed by atoms with Gasteiger partial charge in [-0.1, -0.05) is 83.6 Å². The third-order valence-corrected chi connectivity index (χ3v) is 7.13. The summed E-state index contributed by atoms with van der Waals surface area (Å²) in [5.74, 6) is 4.34. The molecule has 0 N–H and O–H groups in total. The molecule has 0 bridgehead atoms. The van der Waals surface area contributed by atoms with E-state index in [-0.39, 0.29) is 0 Å². The van der Waals surface area contributed by atoms with Gasteiger partial charge in [-0.05, 0) is 91.6 Å². The molecule has 1 aliphatic carbocycles. The van der Waals surface area contributed by atoms with E-state index in [1.165, 1.54) is 12.8 Å². The second-order valence-electron chi connectivity index (χ2n) is 10.7. The van der Waals surface area contributed by atoms with Crippen molar-refractivity contribution in [3.63, 3.8) is 0 Å². The fraction of sp³-hybridized carbons (Fsp3) is 0.442. The summed E-state index contributed by atoms with van der Waals surface area (Å²) < 4.78 is 34.5. The lowest BCUT2D eigenvalue weighted by Gasteiger charge is -2.19. The maximum absolute atomic E-state index is 6.22. The molecular formula is C43H62O6S. The Hall–Kier alpha value is -4.15. The summed E-state index contributed by atoms with van der Waals surface area (Å²) >= 11 is 3.53. The quantitative estimate of drug-likeness (QED) is 0.0946. The number of hydrogen-bond donors (Lipinski definition) is 1. The molecule has 2 aromatic rings. The molecule has 0 amide bonds. The molecule has 6 nitrogen and oxygen atoms in total. The van der Waals surface area contributed by atoms with Gasteiger partial charge in [0.05, 0.1) is 41.7 Å². The number of rotatable bonds is 18. The molecule has 1 aliphatic rings. The maximum Gasteiger partial charge on any atom is 0.203 e. The molecule has 276 valence electrons. The molecule has 0 fully saturated rings. The van der Waals surface area contributed by atoms with Gasteiger partial charge in [0, 0.05) is 11.1 Å². The van der Waals surface area contributed by atoms with E-state index in [4.69, 9.17) is 28.4 Å². The fourth-order valence-corrected chi connectivity index (χ4v) is 4.55. The largest absolute Gasteiger partial charge is 0.493 e. The molecule has 1 unspecified atom stereocenters. The van der Waals surface area contributed by atoms with Crippen LogP contribution in [0.4, 0.5) is 0 Å². The first-order chi connectivity index (χ1) is 24.4. The van der Waals surface area contributed by atoms with Crippen LogP contribution in [0, 0.1) is 5.92 Å². The van der Waals surface area contributed by atoms with Crippen LogP contribution in [0.3, 0.4) is 0 Å². The highest BCUT2D eigenvalue weighted by atomic mass is 32.1. The summed E-state index contributed by atoms with van der Waals surface area (Å²) in [5, 5.41) is 0. The highest BCUT2D eigenvalue weighted by molar-refractivity contribution is 7.79. The van der Waals surface area contributed by atoms with Gasteiger partial charge in [-0.25, -0.2) is 0 Å². The van der Waals surface area contributed by atoms with E-state index in [0.29, 0.717) is 53.6 Å². The Balaban J connectivity index is 0.00000319. The van der Waals surface area contributed by atoms with Gasteiger partial charge in [-0.3, -0.25) is 0 Å². The normalized spacial score (nSPS) is 11.8. The van der Waals surface area contributed by atoms with Crippen molar-refractivity contribution in [1.29, 1.82) is 0 Å². The average molecular weight is 707 g/mol. The minimum Gasteiger partial charge on any atom is -0.493 e. The molecule has 0 spiro atoms. The van der Waals surface area contributed by atoms with Crippen molar-refractivity contribution < 1.29 is 28.4 Å². The van der Waals surface area contributed by atoms with Gasteiger partial charge >= 0.3 is 0 Å². The first kappa shape index (κ1) is 45.9. The molecule has 50 heavy (non-hydrogen) atoms. The molecular weight excluding hydrogens is 645 g/mol. The average Bonchev–Trinajstić information content (AvgIpc) is 3.17. The van der Waals surface area contributed by atoms with E-state index >= 15 is 0 Å². The minimum atomic E-state index is 0.509. The Morgan fingerprint density at radius 2 is 1.08 bits per heavy atom. The van der Waals surface area contributed by atoms with Crippen molar-refractivity contribution in [1.82, 2.24) is 0 Å². The lowest BCUT2D eigenvalue weighted by atomic mass is 10.0. The van der Waals surface area contributed by atoms with Crippen molar-refractivity contribution in [2.45, 2.75) is 73.6 Å². The Labute approximate surface area is 309 Å². The fourth-order valence-electron chi connectivity index (χ4n) is 4.55. The lowest BCUT2D eigenvalue weighted by molar-refractivity contribution is 0.215. The van der Waals surface area contributed by atoms with Gasteiger partial charge in [0.25, 0.3) is 0 Å². The van der Waals surface area contributed by atoms with Gasteiger partial charge in [-0.2, -0.15) is 12.6 Å². The van der Waals surface area contributed by atoms with Crippen molar-refractivity contribution in [2.24, 2.45) is 5.92 Å². The number of ether oxygens (including phenoxy) is 6. The zero-order chi connectivity index (χ0) is 37.7. The van der Waals surface area contributed by atoms with E-state index in [2.05, 4.69) is 51.4 Å². The summed E-state index contributed by atoms with van der Waals surface area (Å²) in [6.07, 6.45) is 20.9. The van der Waals surface area contributed by atoms with Crippen molar-refractivity contribution in [2.75, 3.05) is 47.9 Å². The highest BCUT2D eigenvalue weighted by Crippen LogP contribution is 2.40. The molecule has 1 atom stereocenters. The number of thiol groups is 1. The number of allylic oxidation sites excluding steroid dienone is 7. The van der Waals surface area contributed by atoms with Crippen LogP contribution in [0.15, 0.2) is 83.8 Å². The summed E-state index contributed by atoms with van der Waals surface area (Å²) in [6.45, 7) is 17.0. The van der Waals surface area contributed by atoms with Crippen LogP contribution in [-0.2, 0) is 0 Å². The zero-order valence-electron chi connectivity index (χ0n) is 32.5. The second kappa shape index (κ2) is 28.7. The van der Waals surface area contributed by atoms with Crippen LogP contribution in [0.1, 0.15) is 84.8 Å². The first-order valence-corrected chi connectivity index (χ1v) is 18.4. The van der Waals surface area contributed by atoms with E-state index in [1.54, 1.807) is 40.8 Å². The smallest absolute Gasteiger partial charge is 0.203 e. The van der Waals surface area contributed by atoms with Gasteiger partial charge in [0.1, 0.15) is 0 Å². The lowest BCUT2D eigenvalue weighted by Crippen LogP contribution is -2.12. The number of unbranched alkanes of at least 4 members (excludes halogenated alkanes) is 1. The maximum atomic E-state index is 6.22. The van der Waals surface area contributed by atoms with E-state index in [1.807, 2.05) is 81.5 Å². The van der Waals surface area contributed by atoms with E-state index in [9.17, 15) is 0 Å². The van der Waals surface area contributed by atoms with Crippen LogP contribution in [0.2, 0.25) is 0 Å². The molecule has 0 radical (unpaired) electrons. The van der Waals surface area contributed by atoms with Crippen LogP contribution in [-0.4, -0.2) is 47.9 Å². The number of hydrogen-bond acceptors (Lipinski definition) is 7. The molecule has 0 aliphatic heterocycles. The van der Waals surface area contributed by atoms with Crippen LogP contribution in [0.25, 0.3) is 12.2 Å². The predicted molar refractivity (Wildman–Crippen MR) is 217 cm³/mol. The van der Waals surface area contributed by atoms with Gasteiger partial charge < -0.3 is 28.4 Å². The highest BCUT2D eigenvalue weighted by Gasteiger charge is 2.16. The first-order valence-electron chi connectivity index (χ1n) is 17.5.